The molecule has 0 aromatic heterocycles. The molecule has 154 valence electrons. The van der Waals surface area contributed by atoms with Gasteiger partial charge in [0, 0.05) is 37.4 Å². The molecule has 1 saturated heterocycles. The van der Waals surface area contributed by atoms with E-state index in [0.717, 1.165) is 31.6 Å². The van der Waals surface area contributed by atoms with Crippen LogP contribution in [0.5, 0.6) is 0 Å². The summed E-state index contributed by atoms with van der Waals surface area (Å²) in [5, 5.41) is 3.09. The first kappa shape index (κ1) is 20.0. The highest BCUT2D eigenvalue weighted by atomic mass is 16.1. The molecule has 2 aromatic carbocycles. The summed E-state index contributed by atoms with van der Waals surface area (Å²) in [5.41, 5.74) is 4.88. The van der Waals surface area contributed by atoms with Crippen molar-refractivity contribution in [2.45, 2.75) is 45.1 Å². The van der Waals surface area contributed by atoms with Crippen molar-refractivity contribution in [2.24, 2.45) is 0 Å². The van der Waals surface area contributed by atoms with Crippen LogP contribution in [0.4, 0.5) is 5.69 Å². The summed E-state index contributed by atoms with van der Waals surface area (Å²) in [6, 6.07) is 16.8. The second-order valence-corrected chi connectivity index (χ2v) is 8.36. The molecule has 1 N–H and O–H groups in total. The van der Waals surface area contributed by atoms with Crippen LogP contribution in [0.3, 0.4) is 0 Å². The van der Waals surface area contributed by atoms with Gasteiger partial charge in [-0.15, -0.1) is 0 Å². The quantitative estimate of drug-likeness (QED) is 0.717. The molecule has 0 bridgehead atoms. The second-order valence-electron chi connectivity index (χ2n) is 8.36. The van der Waals surface area contributed by atoms with Gasteiger partial charge >= 0.3 is 0 Å². The van der Waals surface area contributed by atoms with Gasteiger partial charge in [0.1, 0.15) is 0 Å². The lowest BCUT2D eigenvalue weighted by Gasteiger charge is -2.31. The second kappa shape index (κ2) is 9.93. The number of hydrogen-bond donors (Lipinski definition) is 1. The zero-order chi connectivity index (χ0) is 19.9. The molecule has 0 spiro atoms. The van der Waals surface area contributed by atoms with Gasteiger partial charge < -0.3 is 10.2 Å². The highest BCUT2D eigenvalue weighted by Gasteiger charge is 2.16. The third-order valence-corrected chi connectivity index (χ3v) is 6.17. The average molecular weight is 392 g/mol. The van der Waals surface area contributed by atoms with Crippen LogP contribution in [-0.2, 0) is 13.0 Å². The molecule has 2 aliphatic rings. The Kier molecular flexibility index (Phi) is 6.83. The molecule has 1 fully saturated rings. The van der Waals surface area contributed by atoms with E-state index < -0.39 is 0 Å². The van der Waals surface area contributed by atoms with Crippen molar-refractivity contribution in [1.82, 2.24) is 10.2 Å². The molecule has 0 unspecified atom stereocenters. The molecule has 1 amide bonds. The molecule has 4 rings (SSSR count). The molecule has 4 heteroatoms. The van der Waals surface area contributed by atoms with E-state index in [-0.39, 0.29) is 5.91 Å². The number of amides is 1. The predicted octanol–water partition coefficient (Wildman–Crippen LogP) is 4.25. The molecule has 2 aliphatic heterocycles. The number of nitrogens with one attached hydrogen (secondary N) is 1. The smallest absolute Gasteiger partial charge is 0.251 e. The Balaban J connectivity index is 1.21. The van der Waals surface area contributed by atoms with Gasteiger partial charge in [-0.05, 0) is 74.5 Å². The number of carbonyl (C=O) groups is 1. The van der Waals surface area contributed by atoms with Crippen molar-refractivity contribution in [2.75, 3.05) is 37.6 Å². The van der Waals surface area contributed by atoms with Gasteiger partial charge in [-0.1, -0.05) is 36.8 Å². The molecule has 29 heavy (non-hydrogen) atoms. The molecule has 2 heterocycles. The summed E-state index contributed by atoms with van der Waals surface area (Å²) in [4.78, 5) is 17.4. The summed E-state index contributed by atoms with van der Waals surface area (Å²) in [6.07, 6.45) is 7.34. The molecule has 0 saturated carbocycles. The largest absolute Gasteiger partial charge is 0.371 e. The number of aryl methyl sites for hydroxylation is 1. The fourth-order valence-corrected chi connectivity index (χ4v) is 4.55. The van der Waals surface area contributed by atoms with Gasteiger partial charge in [0.2, 0.25) is 0 Å². The van der Waals surface area contributed by atoms with Crippen molar-refractivity contribution < 1.29 is 4.79 Å². The minimum absolute atomic E-state index is 0.0357. The summed E-state index contributed by atoms with van der Waals surface area (Å²) in [7, 11) is 0. The monoisotopic (exact) mass is 391 g/mol. The SMILES string of the molecule is O=C(NCCCN1CCCc2ccccc21)c1ccc(CN2CCCCC2)cc1. The Hall–Kier alpha value is -2.33. The summed E-state index contributed by atoms with van der Waals surface area (Å²) in [6.45, 7) is 6.22. The minimum atomic E-state index is 0.0357. The van der Waals surface area contributed by atoms with Crippen LogP contribution in [-0.4, -0.2) is 43.5 Å². The maximum Gasteiger partial charge on any atom is 0.251 e. The van der Waals surface area contributed by atoms with Crippen molar-refractivity contribution in [3.63, 3.8) is 0 Å². The molecular weight excluding hydrogens is 358 g/mol. The Labute approximate surface area is 174 Å². The number of carbonyl (C=O) groups excluding carboxylic acids is 1. The maximum atomic E-state index is 12.5. The zero-order valence-corrected chi connectivity index (χ0v) is 17.4. The normalized spacial score (nSPS) is 17.0. The summed E-state index contributed by atoms with van der Waals surface area (Å²) in [5.74, 6) is 0.0357. The van der Waals surface area contributed by atoms with Gasteiger partial charge in [-0.25, -0.2) is 0 Å². The topological polar surface area (TPSA) is 35.6 Å². The highest BCUT2D eigenvalue weighted by molar-refractivity contribution is 5.94. The van der Waals surface area contributed by atoms with Crippen LogP contribution < -0.4 is 10.2 Å². The van der Waals surface area contributed by atoms with E-state index in [1.165, 1.54) is 62.0 Å². The van der Waals surface area contributed by atoms with Crippen LogP contribution >= 0.6 is 0 Å². The number of fused-ring (bicyclic) bond motifs is 1. The fourth-order valence-electron chi connectivity index (χ4n) is 4.55. The van der Waals surface area contributed by atoms with Crippen molar-refractivity contribution in [1.29, 1.82) is 0 Å². The maximum absolute atomic E-state index is 12.5. The van der Waals surface area contributed by atoms with Crippen LogP contribution in [0.15, 0.2) is 48.5 Å². The molecule has 0 aliphatic carbocycles. The summed E-state index contributed by atoms with van der Waals surface area (Å²) >= 11 is 0. The molecule has 2 aromatic rings. The van der Waals surface area contributed by atoms with Gasteiger partial charge in [0.15, 0.2) is 0 Å². The number of para-hydroxylation sites is 1. The number of piperidine rings is 1. The van der Waals surface area contributed by atoms with Gasteiger partial charge in [0.05, 0.1) is 0 Å². The number of anilines is 1. The van der Waals surface area contributed by atoms with Crippen molar-refractivity contribution in [3.05, 3.63) is 65.2 Å². The van der Waals surface area contributed by atoms with Crippen LogP contribution in [0.1, 0.15) is 53.6 Å². The van der Waals surface area contributed by atoms with Crippen molar-refractivity contribution in [3.8, 4) is 0 Å². The van der Waals surface area contributed by atoms with Crippen molar-refractivity contribution >= 4 is 11.6 Å². The minimum Gasteiger partial charge on any atom is -0.371 e. The van der Waals surface area contributed by atoms with Crippen LogP contribution in [0.2, 0.25) is 0 Å². The molecule has 0 atom stereocenters. The third kappa shape index (κ3) is 5.39. The Morgan fingerprint density at radius 1 is 0.897 bits per heavy atom. The first-order valence-corrected chi connectivity index (χ1v) is 11.2. The van der Waals surface area contributed by atoms with E-state index in [1.54, 1.807) is 0 Å². The predicted molar refractivity (Wildman–Crippen MR) is 119 cm³/mol. The molecular formula is C25H33N3O. The third-order valence-electron chi connectivity index (χ3n) is 6.17. The lowest BCUT2D eigenvalue weighted by atomic mass is 10.0. The Morgan fingerprint density at radius 2 is 1.69 bits per heavy atom. The lowest BCUT2D eigenvalue weighted by molar-refractivity contribution is 0.0953. The van der Waals surface area contributed by atoms with E-state index >= 15 is 0 Å². The molecule has 4 nitrogen and oxygen atoms in total. The fraction of sp³-hybridized carbons (Fsp3) is 0.480. The average Bonchev–Trinajstić information content (AvgIpc) is 2.78. The number of hydrogen-bond acceptors (Lipinski definition) is 3. The summed E-state index contributed by atoms with van der Waals surface area (Å²) < 4.78 is 0. The Morgan fingerprint density at radius 3 is 2.52 bits per heavy atom. The standard InChI is InChI=1S/C25H33N3O/c29-25(23-13-11-21(12-14-23)20-27-16-4-1-5-17-27)26-15-7-19-28-18-6-9-22-8-2-3-10-24(22)28/h2-3,8,10-14H,1,4-7,9,15-20H2,(H,26,29). The van der Waals surface area contributed by atoms with E-state index in [2.05, 4.69) is 51.5 Å². The van der Waals surface area contributed by atoms with E-state index in [4.69, 9.17) is 0 Å². The number of benzene rings is 2. The Bertz CT molecular complexity index is 796. The molecule has 0 radical (unpaired) electrons. The van der Waals surface area contributed by atoms with Crippen LogP contribution in [0, 0.1) is 0 Å². The lowest BCUT2D eigenvalue weighted by Crippen LogP contribution is -2.33. The number of likely N-dealkylation sites (tertiary alicyclic amines) is 1. The highest BCUT2D eigenvalue weighted by Crippen LogP contribution is 2.26. The van der Waals surface area contributed by atoms with Gasteiger partial charge in [0.25, 0.3) is 5.91 Å². The van der Waals surface area contributed by atoms with E-state index in [0.29, 0.717) is 6.54 Å². The van der Waals surface area contributed by atoms with E-state index in [9.17, 15) is 4.79 Å². The van der Waals surface area contributed by atoms with Crippen LogP contribution in [0.25, 0.3) is 0 Å². The van der Waals surface area contributed by atoms with Gasteiger partial charge in [-0.2, -0.15) is 0 Å². The first-order chi connectivity index (χ1) is 14.3. The number of rotatable bonds is 7. The number of nitrogens with zero attached hydrogens (tertiary/aromatic N) is 2. The van der Waals surface area contributed by atoms with Gasteiger partial charge in [-0.3, -0.25) is 9.69 Å². The first-order valence-electron chi connectivity index (χ1n) is 11.2. The van der Waals surface area contributed by atoms with E-state index in [1.807, 2.05) is 12.1 Å². The zero-order valence-electron chi connectivity index (χ0n) is 17.4.